The Balaban J connectivity index is 1.55. The quantitative estimate of drug-likeness (QED) is 0.471. The van der Waals surface area contributed by atoms with E-state index in [1.807, 2.05) is 24.3 Å². The summed E-state index contributed by atoms with van der Waals surface area (Å²) in [6.07, 6.45) is -4.84. The highest BCUT2D eigenvalue weighted by Gasteiger charge is 2.55. The molecule has 1 aliphatic heterocycles. The number of benzene rings is 1. The number of aryl methyl sites for hydroxylation is 1. The van der Waals surface area contributed by atoms with Gasteiger partial charge in [0.25, 0.3) is 0 Å². The van der Waals surface area contributed by atoms with Crippen LogP contribution < -0.4 is 10.6 Å². The van der Waals surface area contributed by atoms with Crippen molar-refractivity contribution in [3.63, 3.8) is 0 Å². The van der Waals surface area contributed by atoms with E-state index in [1.54, 1.807) is 20.8 Å². The number of aromatic nitrogens is 3. The number of carbonyl (C=O) groups is 1. The van der Waals surface area contributed by atoms with Crippen molar-refractivity contribution < 1.29 is 27.4 Å². The van der Waals surface area contributed by atoms with Crippen LogP contribution in [-0.4, -0.2) is 57.5 Å². The minimum absolute atomic E-state index is 0.00611. The van der Waals surface area contributed by atoms with Crippen LogP contribution in [0.3, 0.4) is 0 Å². The number of rotatable bonds is 6. The van der Waals surface area contributed by atoms with Crippen LogP contribution in [0.25, 0.3) is 20.8 Å². The zero-order valence-electron chi connectivity index (χ0n) is 20.1. The standard InChI is InChI=1S/C24H26F3N5O3S/c1-11-17(21-31-14-7-5-6-8-16(14)36-21)20(32-22(29-11)28-10-24(25,26)27)30-15-9-13(12(2)33)18-19(15)35-23(3,4)34-18/h5-8,13,15,18-19H,9-10H2,1-4H3,(H2,28,29,30,32)/t13-,15-,18-,19+/m1/s1. The molecule has 0 bridgehead atoms. The van der Waals surface area contributed by atoms with Crippen molar-refractivity contribution in [3.8, 4) is 10.6 Å². The van der Waals surface area contributed by atoms with Gasteiger partial charge in [-0.05, 0) is 46.2 Å². The molecule has 3 aromatic rings. The first-order valence-electron chi connectivity index (χ1n) is 11.6. The maximum absolute atomic E-state index is 12.9. The Morgan fingerprint density at radius 3 is 2.58 bits per heavy atom. The van der Waals surface area contributed by atoms with Gasteiger partial charge < -0.3 is 20.1 Å². The number of thiazole rings is 1. The van der Waals surface area contributed by atoms with Crippen molar-refractivity contribution in [2.75, 3.05) is 17.2 Å². The van der Waals surface area contributed by atoms with Gasteiger partial charge in [-0.15, -0.1) is 11.3 Å². The first kappa shape index (κ1) is 24.8. The highest BCUT2D eigenvalue weighted by molar-refractivity contribution is 7.21. The maximum Gasteiger partial charge on any atom is 0.405 e. The number of fused-ring (bicyclic) bond motifs is 2. The van der Waals surface area contributed by atoms with Gasteiger partial charge in [0.1, 0.15) is 29.3 Å². The molecule has 12 heteroatoms. The lowest BCUT2D eigenvalue weighted by atomic mass is 10.0. The summed E-state index contributed by atoms with van der Waals surface area (Å²) in [5.41, 5.74) is 1.86. The van der Waals surface area contributed by atoms with Crippen molar-refractivity contribution >= 4 is 39.1 Å². The lowest BCUT2D eigenvalue weighted by Crippen LogP contribution is -2.35. The molecule has 1 aromatic carbocycles. The first-order chi connectivity index (χ1) is 16.9. The number of ether oxygens (including phenoxy) is 2. The SMILES string of the molecule is CC(=O)[C@H]1C[C@@H](Nc2nc(NCC(F)(F)F)nc(C)c2-c2nc3ccccc3s2)[C@@H]2OC(C)(C)O[C@@H]21. The number of carbonyl (C=O) groups excluding carboxylic acids is 1. The van der Waals surface area contributed by atoms with E-state index >= 15 is 0 Å². The van der Waals surface area contributed by atoms with E-state index in [9.17, 15) is 18.0 Å². The summed E-state index contributed by atoms with van der Waals surface area (Å²) < 4.78 is 51.7. The molecule has 0 radical (unpaired) electrons. The van der Waals surface area contributed by atoms with E-state index in [0.717, 1.165) is 10.2 Å². The van der Waals surface area contributed by atoms with Crippen LogP contribution >= 0.6 is 11.3 Å². The number of halogens is 3. The lowest BCUT2D eigenvalue weighted by molar-refractivity contribution is -0.159. The topological polar surface area (TPSA) is 98.3 Å². The number of alkyl halides is 3. The predicted octanol–water partition coefficient (Wildman–Crippen LogP) is 4.95. The van der Waals surface area contributed by atoms with Gasteiger partial charge in [-0.1, -0.05) is 12.1 Å². The number of hydrogen-bond donors (Lipinski definition) is 2. The maximum atomic E-state index is 12.9. The normalized spacial score (nSPS) is 25.2. The summed E-state index contributed by atoms with van der Waals surface area (Å²) in [5.74, 6) is -1.06. The molecule has 1 saturated heterocycles. The van der Waals surface area contributed by atoms with Crippen molar-refractivity contribution in [2.24, 2.45) is 5.92 Å². The fourth-order valence-electron chi connectivity index (χ4n) is 4.87. The Bertz CT molecular complexity index is 1280. The minimum Gasteiger partial charge on any atom is -0.364 e. The van der Waals surface area contributed by atoms with E-state index in [-0.39, 0.29) is 23.7 Å². The molecule has 8 nitrogen and oxygen atoms in total. The molecule has 2 fully saturated rings. The van der Waals surface area contributed by atoms with E-state index in [1.165, 1.54) is 18.3 Å². The number of ketones is 1. The van der Waals surface area contributed by atoms with Crippen LogP contribution in [0.1, 0.15) is 32.9 Å². The Hall–Kier alpha value is -2.83. The Kier molecular flexibility index (Phi) is 6.16. The third-order valence-corrected chi connectivity index (χ3v) is 7.41. The number of nitrogens with one attached hydrogen (secondary N) is 2. The van der Waals surface area contributed by atoms with Gasteiger partial charge >= 0.3 is 6.18 Å². The molecular formula is C24H26F3N5O3S. The van der Waals surface area contributed by atoms with Crippen molar-refractivity contribution in [1.29, 1.82) is 0 Å². The van der Waals surface area contributed by atoms with E-state index in [2.05, 4.69) is 20.6 Å². The average Bonchev–Trinajstić information content (AvgIpc) is 3.42. The van der Waals surface area contributed by atoms with Gasteiger partial charge in [0, 0.05) is 5.92 Å². The molecule has 2 aliphatic rings. The second-order valence-corrected chi connectivity index (χ2v) is 10.6. The number of hydrogen-bond acceptors (Lipinski definition) is 9. The van der Waals surface area contributed by atoms with E-state index < -0.39 is 30.7 Å². The van der Waals surface area contributed by atoms with Crippen LogP contribution in [0, 0.1) is 12.8 Å². The molecule has 0 spiro atoms. The van der Waals surface area contributed by atoms with Gasteiger partial charge in [-0.2, -0.15) is 18.2 Å². The molecule has 192 valence electrons. The van der Waals surface area contributed by atoms with Gasteiger partial charge in [0.15, 0.2) is 5.79 Å². The van der Waals surface area contributed by atoms with Gasteiger partial charge in [-0.25, -0.2) is 9.97 Å². The summed E-state index contributed by atoms with van der Waals surface area (Å²) in [4.78, 5) is 25.8. The number of Topliss-reactive ketones (excluding diaryl/α,β-unsaturated/α-hetero) is 1. The monoisotopic (exact) mass is 521 g/mol. The fourth-order valence-corrected chi connectivity index (χ4v) is 5.93. The van der Waals surface area contributed by atoms with Crippen LogP contribution in [0.5, 0.6) is 0 Å². The zero-order chi connectivity index (χ0) is 25.8. The van der Waals surface area contributed by atoms with E-state index in [4.69, 9.17) is 14.5 Å². The average molecular weight is 522 g/mol. The Morgan fingerprint density at radius 1 is 1.17 bits per heavy atom. The summed E-state index contributed by atoms with van der Waals surface area (Å²) in [6, 6.07) is 7.28. The number of anilines is 2. The molecule has 1 aliphatic carbocycles. The van der Waals surface area contributed by atoms with Crippen molar-refractivity contribution in [1.82, 2.24) is 15.0 Å². The molecule has 2 aromatic heterocycles. The molecule has 3 heterocycles. The predicted molar refractivity (Wildman–Crippen MR) is 130 cm³/mol. The largest absolute Gasteiger partial charge is 0.405 e. The third kappa shape index (κ3) is 4.89. The molecule has 2 N–H and O–H groups in total. The molecular weight excluding hydrogens is 495 g/mol. The van der Waals surface area contributed by atoms with Crippen LogP contribution in [0.15, 0.2) is 24.3 Å². The Labute approximate surface area is 209 Å². The summed E-state index contributed by atoms with van der Waals surface area (Å²) in [7, 11) is 0. The van der Waals surface area contributed by atoms with Gasteiger partial charge in [-0.3, -0.25) is 4.79 Å². The molecule has 1 saturated carbocycles. The highest BCUT2D eigenvalue weighted by Crippen LogP contribution is 2.44. The van der Waals surface area contributed by atoms with Gasteiger partial charge in [0.2, 0.25) is 5.95 Å². The highest BCUT2D eigenvalue weighted by atomic mass is 32.1. The van der Waals surface area contributed by atoms with Crippen LogP contribution in [0.4, 0.5) is 24.9 Å². The third-order valence-electron chi connectivity index (χ3n) is 6.35. The minimum atomic E-state index is -4.43. The van der Waals surface area contributed by atoms with Gasteiger partial charge in [0.05, 0.1) is 33.6 Å². The summed E-state index contributed by atoms with van der Waals surface area (Å²) >= 11 is 1.44. The second-order valence-electron chi connectivity index (χ2n) is 9.58. The molecule has 0 amide bonds. The summed E-state index contributed by atoms with van der Waals surface area (Å²) in [6.45, 7) is 5.55. The molecule has 4 atom stereocenters. The van der Waals surface area contributed by atoms with Crippen LogP contribution in [-0.2, 0) is 14.3 Å². The van der Waals surface area contributed by atoms with Crippen molar-refractivity contribution in [3.05, 3.63) is 30.0 Å². The molecule has 5 rings (SSSR count). The lowest BCUT2D eigenvalue weighted by Gasteiger charge is -2.25. The fraction of sp³-hybridized carbons (Fsp3) is 0.500. The first-order valence-corrected chi connectivity index (χ1v) is 12.4. The van der Waals surface area contributed by atoms with E-state index in [0.29, 0.717) is 28.5 Å². The zero-order valence-corrected chi connectivity index (χ0v) is 21.0. The second kappa shape index (κ2) is 8.93. The van der Waals surface area contributed by atoms with Crippen LogP contribution in [0.2, 0.25) is 0 Å². The smallest absolute Gasteiger partial charge is 0.364 e. The number of nitrogens with zero attached hydrogens (tertiary/aromatic N) is 3. The molecule has 36 heavy (non-hydrogen) atoms. The van der Waals surface area contributed by atoms with Crippen molar-refractivity contribution in [2.45, 2.75) is 64.3 Å². The summed E-state index contributed by atoms with van der Waals surface area (Å²) in [5, 5.41) is 6.27. The number of para-hydroxylation sites is 1. The molecule has 0 unspecified atom stereocenters. The Morgan fingerprint density at radius 2 is 1.89 bits per heavy atom.